The molecular formula is C11H9ClN4O4S. The number of benzene rings is 1. The lowest BCUT2D eigenvalue weighted by molar-refractivity contribution is -0.385. The molecular weight excluding hydrogens is 320 g/mol. The number of nitrogens with zero attached hydrogens (tertiary/aromatic N) is 2. The third-order valence-corrected chi connectivity index (χ3v) is 3.91. The molecule has 1 heterocycles. The maximum atomic E-state index is 11.9. The SMILES string of the molecule is O=[N+]([O-])c1ccc(NNS(=O)(=O)c2ccc(Cl)cc2)nc1. The summed E-state index contributed by atoms with van der Waals surface area (Å²) in [5.41, 5.74) is 2.17. The molecule has 21 heavy (non-hydrogen) atoms. The Balaban J connectivity index is 2.08. The Morgan fingerprint density at radius 2 is 1.81 bits per heavy atom. The van der Waals surface area contributed by atoms with E-state index in [0.29, 0.717) is 5.02 Å². The Bertz CT molecular complexity index is 747. The fraction of sp³-hybridized carbons (Fsp3) is 0. The van der Waals surface area contributed by atoms with Crippen molar-refractivity contribution in [2.45, 2.75) is 4.90 Å². The zero-order valence-electron chi connectivity index (χ0n) is 10.4. The first kappa shape index (κ1) is 15.2. The summed E-state index contributed by atoms with van der Waals surface area (Å²) in [6.07, 6.45) is 1.01. The van der Waals surface area contributed by atoms with Gasteiger partial charge < -0.3 is 0 Å². The molecule has 10 heteroatoms. The van der Waals surface area contributed by atoms with Gasteiger partial charge >= 0.3 is 0 Å². The molecule has 2 N–H and O–H groups in total. The quantitative estimate of drug-likeness (QED) is 0.640. The minimum absolute atomic E-state index is 0.0151. The lowest BCUT2D eigenvalue weighted by atomic mass is 10.4. The molecule has 8 nitrogen and oxygen atoms in total. The van der Waals surface area contributed by atoms with Crippen LogP contribution in [0.15, 0.2) is 47.5 Å². The van der Waals surface area contributed by atoms with Gasteiger partial charge in [-0.2, -0.15) is 0 Å². The summed E-state index contributed by atoms with van der Waals surface area (Å²) in [6, 6.07) is 8.06. The van der Waals surface area contributed by atoms with Gasteiger partial charge in [-0.1, -0.05) is 11.6 Å². The molecule has 0 aliphatic carbocycles. The average Bonchev–Trinajstić information content (AvgIpc) is 2.46. The molecule has 0 radical (unpaired) electrons. The molecule has 0 saturated carbocycles. The maximum Gasteiger partial charge on any atom is 0.287 e. The van der Waals surface area contributed by atoms with Gasteiger partial charge in [-0.3, -0.25) is 15.5 Å². The highest BCUT2D eigenvalue weighted by Gasteiger charge is 2.14. The van der Waals surface area contributed by atoms with Crippen LogP contribution in [0, 0.1) is 10.1 Å². The van der Waals surface area contributed by atoms with Gasteiger partial charge in [0.1, 0.15) is 12.0 Å². The number of halogens is 1. The van der Waals surface area contributed by atoms with E-state index >= 15 is 0 Å². The Labute approximate surface area is 124 Å². The molecule has 2 rings (SSSR count). The van der Waals surface area contributed by atoms with E-state index < -0.39 is 14.9 Å². The molecule has 0 amide bonds. The zero-order valence-corrected chi connectivity index (χ0v) is 11.9. The van der Waals surface area contributed by atoms with Crippen LogP contribution < -0.4 is 10.3 Å². The summed E-state index contributed by atoms with van der Waals surface area (Å²) in [6.45, 7) is 0. The molecule has 1 aromatic heterocycles. The van der Waals surface area contributed by atoms with Crippen LogP contribution in [0.3, 0.4) is 0 Å². The number of hydrogen-bond donors (Lipinski definition) is 2. The van der Waals surface area contributed by atoms with Gasteiger partial charge in [0.25, 0.3) is 15.7 Å². The van der Waals surface area contributed by atoms with Crippen LogP contribution >= 0.6 is 11.6 Å². The summed E-state index contributed by atoms with van der Waals surface area (Å²) in [4.78, 5) is 15.7. The van der Waals surface area contributed by atoms with Crippen LogP contribution in [-0.2, 0) is 10.0 Å². The second kappa shape index (κ2) is 6.04. The Kier molecular flexibility index (Phi) is 4.36. The lowest BCUT2D eigenvalue weighted by Crippen LogP contribution is -2.29. The molecule has 0 bridgehead atoms. The molecule has 0 saturated heterocycles. The molecule has 110 valence electrons. The highest BCUT2D eigenvalue weighted by atomic mass is 35.5. The van der Waals surface area contributed by atoms with Crippen molar-refractivity contribution >= 4 is 33.1 Å². The first-order valence-electron chi connectivity index (χ1n) is 5.52. The normalized spacial score (nSPS) is 11.1. The highest BCUT2D eigenvalue weighted by molar-refractivity contribution is 7.89. The molecule has 0 aliphatic heterocycles. The Morgan fingerprint density at radius 3 is 2.33 bits per heavy atom. The largest absolute Gasteiger partial charge is 0.292 e. The average molecular weight is 329 g/mol. The standard InChI is InChI=1S/C11H9ClN4O4S/c12-8-1-4-10(5-2-8)21(19,20)15-14-11-6-3-9(7-13-11)16(17)18/h1-7,15H,(H,13,14). The van der Waals surface area contributed by atoms with E-state index in [1.54, 1.807) is 0 Å². The third-order valence-electron chi connectivity index (χ3n) is 2.40. The predicted octanol–water partition coefficient (Wildman–Crippen LogP) is 1.95. The number of nitrogens with one attached hydrogen (secondary N) is 2. The van der Waals surface area contributed by atoms with Crippen LogP contribution in [0.25, 0.3) is 0 Å². The minimum Gasteiger partial charge on any atom is -0.292 e. The molecule has 0 atom stereocenters. The Morgan fingerprint density at radius 1 is 1.14 bits per heavy atom. The van der Waals surface area contributed by atoms with Crippen LogP contribution in [-0.4, -0.2) is 18.3 Å². The molecule has 0 fully saturated rings. The van der Waals surface area contributed by atoms with Crippen molar-refractivity contribution in [3.8, 4) is 0 Å². The van der Waals surface area contributed by atoms with E-state index in [4.69, 9.17) is 11.6 Å². The van der Waals surface area contributed by atoms with Gasteiger partial charge in [-0.25, -0.2) is 13.4 Å². The summed E-state index contributed by atoms with van der Waals surface area (Å²) in [7, 11) is -3.80. The lowest BCUT2D eigenvalue weighted by Gasteiger charge is -2.08. The third kappa shape index (κ3) is 3.88. The summed E-state index contributed by atoms with van der Waals surface area (Å²) in [5.74, 6) is 0.123. The van der Waals surface area contributed by atoms with E-state index in [0.717, 1.165) is 6.20 Å². The van der Waals surface area contributed by atoms with Crippen LogP contribution in [0.1, 0.15) is 0 Å². The summed E-state index contributed by atoms with van der Waals surface area (Å²) < 4.78 is 23.9. The van der Waals surface area contributed by atoms with Crippen LogP contribution in [0.5, 0.6) is 0 Å². The van der Waals surface area contributed by atoms with Crippen LogP contribution in [0.4, 0.5) is 11.5 Å². The van der Waals surface area contributed by atoms with Crippen molar-refractivity contribution in [3.63, 3.8) is 0 Å². The molecule has 0 unspecified atom stereocenters. The number of sulfonamides is 1. The van der Waals surface area contributed by atoms with Crippen molar-refractivity contribution in [3.05, 3.63) is 57.7 Å². The zero-order chi connectivity index (χ0) is 15.5. The van der Waals surface area contributed by atoms with Crippen LogP contribution in [0.2, 0.25) is 5.02 Å². The van der Waals surface area contributed by atoms with Gasteiger partial charge in [-0.05, 0) is 30.3 Å². The van der Waals surface area contributed by atoms with E-state index in [1.807, 2.05) is 0 Å². The van der Waals surface area contributed by atoms with Gasteiger partial charge in [0.05, 0.1) is 9.82 Å². The van der Waals surface area contributed by atoms with E-state index in [9.17, 15) is 18.5 Å². The summed E-state index contributed by atoms with van der Waals surface area (Å²) >= 11 is 5.68. The smallest absolute Gasteiger partial charge is 0.287 e. The number of hydrazine groups is 1. The number of aromatic nitrogens is 1. The van der Waals surface area contributed by atoms with E-state index in [-0.39, 0.29) is 16.4 Å². The highest BCUT2D eigenvalue weighted by Crippen LogP contribution is 2.15. The second-order valence-electron chi connectivity index (χ2n) is 3.84. The summed E-state index contributed by atoms with van der Waals surface area (Å²) in [5, 5.41) is 10.9. The van der Waals surface area contributed by atoms with Crippen molar-refractivity contribution in [2.24, 2.45) is 0 Å². The monoisotopic (exact) mass is 328 g/mol. The molecule has 2 aromatic rings. The van der Waals surface area contributed by atoms with Gasteiger partial charge in [0.2, 0.25) is 0 Å². The van der Waals surface area contributed by atoms with Gasteiger partial charge in [-0.15, -0.1) is 4.83 Å². The Hall–Kier alpha value is -2.23. The molecule has 0 aliphatic rings. The topological polar surface area (TPSA) is 114 Å². The number of hydrogen-bond acceptors (Lipinski definition) is 6. The number of rotatable bonds is 5. The number of pyridine rings is 1. The first-order chi connectivity index (χ1) is 9.88. The second-order valence-corrected chi connectivity index (χ2v) is 5.96. The minimum atomic E-state index is -3.80. The van der Waals surface area contributed by atoms with Crippen molar-refractivity contribution < 1.29 is 13.3 Å². The number of nitro groups is 1. The van der Waals surface area contributed by atoms with Crippen molar-refractivity contribution in [1.29, 1.82) is 0 Å². The van der Waals surface area contributed by atoms with E-state index in [1.165, 1.54) is 36.4 Å². The fourth-order valence-corrected chi connectivity index (χ4v) is 2.34. The van der Waals surface area contributed by atoms with E-state index in [2.05, 4.69) is 15.2 Å². The molecule has 1 aromatic carbocycles. The predicted molar refractivity (Wildman–Crippen MR) is 76.3 cm³/mol. The van der Waals surface area contributed by atoms with Gasteiger partial charge in [0.15, 0.2) is 0 Å². The number of anilines is 1. The fourth-order valence-electron chi connectivity index (χ4n) is 1.36. The first-order valence-corrected chi connectivity index (χ1v) is 7.38. The van der Waals surface area contributed by atoms with Gasteiger partial charge in [0, 0.05) is 11.1 Å². The van der Waals surface area contributed by atoms with Crippen molar-refractivity contribution in [2.75, 3.05) is 5.43 Å². The van der Waals surface area contributed by atoms with Crippen molar-refractivity contribution in [1.82, 2.24) is 9.82 Å². The molecule has 0 spiro atoms. The maximum absolute atomic E-state index is 11.9.